The van der Waals surface area contributed by atoms with Gasteiger partial charge in [0.05, 0.1) is 13.2 Å². The van der Waals surface area contributed by atoms with Gasteiger partial charge in [-0.2, -0.15) is 0 Å². The van der Waals surface area contributed by atoms with Crippen molar-refractivity contribution in [1.82, 2.24) is 0 Å². The predicted octanol–water partition coefficient (Wildman–Crippen LogP) is 5.40. The molecule has 2 aromatic carbocycles. The summed E-state index contributed by atoms with van der Waals surface area (Å²) in [7, 11) is 0. The SMILES string of the molecule is CC(C)CCOc1cccc(NC(=O)c2ccc(OCC(C)C)cc2)c1. The Morgan fingerprint density at radius 2 is 1.65 bits per heavy atom. The summed E-state index contributed by atoms with van der Waals surface area (Å²) in [5, 5.41) is 2.91. The number of rotatable bonds is 9. The van der Waals surface area contributed by atoms with E-state index in [4.69, 9.17) is 9.47 Å². The van der Waals surface area contributed by atoms with Gasteiger partial charge in [-0.3, -0.25) is 4.79 Å². The van der Waals surface area contributed by atoms with Crippen molar-refractivity contribution in [2.24, 2.45) is 11.8 Å². The molecule has 0 atom stereocenters. The van der Waals surface area contributed by atoms with E-state index < -0.39 is 0 Å². The molecule has 0 spiro atoms. The molecule has 26 heavy (non-hydrogen) atoms. The van der Waals surface area contributed by atoms with E-state index in [0.717, 1.165) is 23.6 Å². The van der Waals surface area contributed by atoms with Crippen LogP contribution in [0.1, 0.15) is 44.5 Å². The Morgan fingerprint density at radius 1 is 0.923 bits per heavy atom. The minimum atomic E-state index is -0.153. The number of hydrogen-bond donors (Lipinski definition) is 1. The van der Waals surface area contributed by atoms with Gasteiger partial charge in [-0.1, -0.05) is 33.8 Å². The van der Waals surface area contributed by atoms with Gasteiger partial charge < -0.3 is 14.8 Å². The molecule has 0 heterocycles. The predicted molar refractivity (Wildman–Crippen MR) is 106 cm³/mol. The lowest BCUT2D eigenvalue weighted by molar-refractivity contribution is 0.102. The van der Waals surface area contributed by atoms with Crippen LogP contribution in [-0.4, -0.2) is 19.1 Å². The van der Waals surface area contributed by atoms with Crippen LogP contribution in [0.3, 0.4) is 0 Å². The number of amides is 1. The molecule has 140 valence electrons. The van der Waals surface area contributed by atoms with Gasteiger partial charge in [-0.05, 0) is 54.7 Å². The van der Waals surface area contributed by atoms with Crippen molar-refractivity contribution in [1.29, 1.82) is 0 Å². The topological polar surface area (TPSA) is 47.6 Å². The number of anilines is 1. The summed E-state index contributed by atoms with van der Waals surface area (Å²) in [4.78, 5) is 12.4. The molecule has 1 amide bonds. The second-order valence-electron chi connectivity index (χ2n) is 7.24. The first-order chi connectivity index (χ1) is 12.4. The molecule has 1 N–H and O–H groups in total. The smallest absolute Gasteiger partial charge is 0.255 e. The van der Waals surface area contributed by atoms with Crippen LogP contribution < -0.4 is 14.8 Å². The van der Waals surface area contributed by atoms with Gasteiger partial charge in [-0.25, -0.2) is 0 Å². The largest absolute Gasteiger partial charge is 0.494 e. The number of carbonyl (C=O) groups is 1. The van der Waals surface area contributed by atoms with Crippen molar-refractivity contribution in [2.45, 2.75) is 34.1 Å². The summed E-state index contributed by atoms with van der Waals surface area (Å²) in [6.07, 6.45) is 1.00. The van der Waals surface area contributed by atoms with E-state index in [1.54, 1.807) is 12.1 Å². The second kappa shape index (κ2) is 9.85. The van der Waals surface area contributed by atoms with E-state index in [0.29, 0.717) is 30.6 Å². The zero-order valence-electron chi connectivity index (χ0n) is 16.1. The molecule has 0 saturated heterocycles. The van der Waals surface area contributed by atoms with Gasteiger partial charge in [0.25, 0.3) is 5.91 Å². The molecule has 0 aliphatic heterocycles. The van der Waals surface area contributed by atoms with Crippen molar-refractivity contribution in [3.8, 4) is 11.5 Å². The lowest BCUT2D eigenvalue weighted by Gasteiger charge is -2.11. The van der Waals surface area contributed by atoms with E-state index in [-0.39, 0.29) is 5.91 Å². The minimum absolute atomic E-state index is 0.153. The van der Waals surface area contributed by atoms with Crippen LogP contribution in [0.15, 0.2) is 48.5 Å². The van der Waals surface area contributed by atoms with Gasteiger partial charge in [0, 0.05) is 17.3 Å². The van der Waals surface area contributed by atoms with Gasteiger partial charge in [0.2, 0.25) is 0 Å². The molecule has 0 saturated carbocycles. The molecule has 0 aromatic heterocycles. The third kappa shape index (κ3) is 6.79. The van der Waals surface area contributed by atoms with Crippen LogP contribution in [0.5, 0.6) is 11.5 Å². The maximum absolute atomic E-state index is 12.4. The first kappa shape index (κ1) is 19.8. The maximum Gasteiger partial charge on any atom is 0.255 e. The van der Waals surface area contributed by atoms with Gasteiger partial charge >= 0.3 is 0 Å². The Morgan fingerprint density at radius 3 is 2.31 bits per heavy atom. The number of nitrogens with one attached hydrogen (secondary N) is 1. The highest BCUT2D eigenvalue weighted by molar-refractivity contribution is 6.04. The summed E-state index contributed by atoms with van der Waals surface area (Å²) in [6.45, 7) is 9.87. The highest BCUT2D eigenvalue weighted by Gasteiger charge is 2.07. The molecule has 2 rings (SSSR count). The van der Waals surface area contributed by atoms with Crippen LogP contribution in [-0.2, 0) is 0 Å². The molecule has 4 heteroatoms. The minimum Gasteiger partial charge on any atom is -0.494 e. The molecular weight excluding hydrogens is 326 g/mol. The van der Waals surface area contributed by atoms with Crippen LogP contribution in [0.4, 0.5) is 5.69 Å². The van der Waals surface area contributed by atoms with Gasteiger partial charge in [-0.15, -0.1) is 0 Å². The summed E-state index contributed by atoms with van der Waals surface area (Å²) < 4.78 is 11.4. The molecule has 2 aromatic rings. The summed E-state index contributed by atoms with van der Waals surface area (Å²) in [5.74, 6) is 2.45. The summed E-state index contributed by atoms with van der Waals surface area (Å²) in [6, 6.07) is 14.7. The van der Waals surface area contributed by atoms with E-state index >= 15 is 0 Å². The molecule has 0 fully saturated rings. The number of carbonyl (C=O) groups excluding carboxylic acids is 1. The molecule has 0 aliphatic rings. The van der Waals surface area contributed by atoms with Crippen molar-refractivity contribution in [3.05, 3.63) is 54.1 Å². The van der Waals surface area contributed by atoms with Crippen molar-refractivity contribution >= 4 is 11.6 Å². The second-order valence-corrected chi connectivity index (χ2v) is 7.24. The van der Waals surface area contributed by atoms with Gasteiger partial charge in [0.1, 0.15) is 11.5 Å². The third-order valence-electron chi connectivity index (χ3n) is 3.76. The molecule has 0 aliphatic carbocycles. The average molecular weight is 355 g/mol. The Bertz CT molecular complexity index is 693. The van der Waals surface area contributed by atoms with Crippen molar-refractivity contribution in [3.63, 3.8) is 0 Å². The Kier molecular flexibility index (Phi) is 7.52. The zero-order valence-corrected chi connectivity index (χ0v) is 16.1. The summed E-state index contributed by atoms with van der Waals surface area (Å²) in [5.41, 5.74) is 1.31. The molecule has 4 nitrogen and oxygen atoms in total. The fourth-order valence-corrected chi connectivity index (χ4v) is 2.24. The van der Waals surface area contributed by atoms with Crippen LogP contribution in [0.25, 0.3) is 0 Å². The van der Waals surface area contributed by atoms with Crippen LogP contribution >= 0.6 is 0 Å². The molecule has 0 unspecified atom stereocenters. The van der Waals surface area contributed by atoms with E-state index in [1.165, 1.54) is 0 Å². The number of ether oxygens (including phenoxy) is 2. The lowest BCUT2D eigenvalue weighted by Crippen LogP contribution is -2.12. The number of hydrogen-bond acceptors (Lipinski definition) is 3. The van der Waals surface area contributed by atoms with Crippen molar-refractivity contribution in [2.75, 3.05) is 18.5 Å². The zero-order chi connectivity index (χ0) is 18.9. The highest BCUT2D eigenvalue weighted by Crippen LogP contribution is 2.20. The first-order valence-corrected chi connectivity index (χ1v) is 9.21. The van der Waals surface area contributed by atoms with Crippen LogP contribution in [0.2, 0.25) is 0 Å². The average Bonchev–Trinajstić information content (AvgIpc) is 2.60. The normalized spacial score (nSPS) is 10.8. The highest BCUT2D eigenvalue weighted by atomic mass is 16.5. The fourth-order valence-electron chi connectivity index (χ4n) is 2.24. The Balaban J connectivity index is 1.92. The van der Waals surface area contributed by atoms with E-state index in [9.17, 15) is 4.79 Å². The van der Waals surface area contributed by atoms with E-state index in [2.05, 4.69) is 33.0 Å². The molecule has 0 bridgehead atoms. The maximum atomic E-state index is 12.4. The number of benzene rings is 2. The molecular formula is C22H29NO3. The molecule has 0 radical (unpaired) electrons. The van der Waals surface area contributed by atoms with E-state index in [1.807, 2.05) is 36.4 Å². The lowest BCUT2D eigenvalue weighted by atomic mass is 10.1. The quantitative estimate of drug-likeness (QED) is 0.655. The Labute approximate surface area is 156 Å². The Hall–Kier alpha value is -2.49. The summed E-state index contributed by atoms with van der Waals surface area (Å²) >= 11 is 0. The van der Waals surface area contributed by atoms with Crippen molar-refractivity contribution < 1.29 is 14.3 Å². The van der Waals surface area contributed by atoms with Gasteiger partial charge in [0.15, 0.2) is 0 Å². The van der Waals surface area contributed by atoms with Crippen LogP contribution in [0, 0.1) is 11.8 Å². The first-order valence-electron chi connectivity index (χ1n) is 9.21. The standard InChI is InChI=1S/C22H29NO3/c1-16(2)12-13-25-21-7-5-6-19(14-21)23-22(24)18-8-10-20(11-9-18)26-15-17(3)4/h5-11,14,16-17H,12-13,15H2,1-4H3,(H,23,24). The third-order valence-corrected chi connectivity index (χ3v) is 3.76. The fraction of sp³-hybridized carbons (Fsp3) is 0.409. The monoisotopic (exact) mass is 355 g/mol.